The number of benzene rings is 1. The lowest BCUT2D eigenvalue weighted by atomic mass is 10.1. The highest BCUT2D eigenvalue weighted by atomic mass is 79.9. The van der Waals surface area contributed by atoms with Crippen molar-refractivity contribution >= 4 is 21.6 Å². The molecule has 0 unspecified atom stereocenters. The summed E-state index contributed by atoms with van der Waals surface area (Å²) >= 11 is 3.53. The van der Waals surface area contributed by atoms with Crippen molar-refractivity contribution in [3.63, 3.8) is 0 Å². The van der Waals surface area contributed by atoms with E-state index in [2.05, 4.69) is 52.0 Å². The van der Waals surface area contributed by atoms with E-state index in [9.17, 15) is 0 Å². The van der Waals surface area contributed by atoms with Gasteiger partial charge in [0.05, 0.1) is 0 Å². The number of anilines is 1. The zero-order chi connectivity index (χ0) is 9.14. The third-order valence-electron chi connectivity index (χ3n) is 1.87. The number of hydrogen-bond donors (Lipinski definition) is 0. The number of hydrogen-bond acceptors (Lipinski definition) is 1. The number of rotatable bonds is 2. The van der Waals surface area contributed by atoms with E-state index in [4.69, 9.17) is 0 Å². The molecular weight excluding hydrogens is 214 g/mol. The Labute approximate surface area is 82.5 Å². The first kappa shape index (κ1) is 9.59. The predicted octanol–water partition coefficient (Wildman–Crippen LogP) is 3.21. The van der Waals surface area contributed by atoms with E-state index in [0.29, 0.717) is 4.83 Å². The zero-order valence-electron chi connectivity index (χ0n) is 7.71. The molecule has 0 aromatic heterocycles. The number of alkyl halides is 1. The minimum absolute atomic E-state index is 0.439. The van der Waals surface area contributed by atoms with Crippen LogP contribution in [0.25, 0.3) is 0 Å². The minimum Gasteiger partial charge on any atom is -0.378 e. The molecule has 0 aliphatic carbocycles. The lowest BCUT2D eigenvalue weighted by Crippen LogP contribution is -2.08. The summed E-state index contributed by atoms with van der Waals surface area (Å²) in [5, 5.41) is 0. The van der Waals surface area contributed by atoms with Gasteiger partial charge in [-0.15, -0.1) is 0 Å². The van der Waals surface area contributed by atoms with Gasteiger partial charge in [-0.2, -0.15) is 0 Å². The van der Waals surface area contributed by atoms with Gasteiger partial charge in [0, 0.05) is 24.6 Å². The van der Waals surface area contributed by atoms with Gasteiger partial charge in [-0.25, -0.2) is 0 Å². The van der Waals surface area contributed by atoms with Crippen LogP contribution in [0.5, 0.6) is 0 Å². The first-order valence-electron chi connectivity index (χ1n) is 4.02. The molecule has 0 N–H and O–H groups in total. The van der Waals surface area contributed by atoms with Crippen molar-refractivity contribution in [3.8, 4) is 0 Å². The molecule has 66 valence electrons. The summed E-state index contributed by atoms with van der Waals surface area (Å²) < 4.78 is 0. The third kappa shape index (κ3) is 2.24. The van der Waals surface area contributed by atoms with Gasteiger partial charge in [-0.05, 0) is 24.6 Å². The van der Waals surface area contributed by atoms with E-state index >= 15 is 0 Å². The molecule has 0 bridgehead atoms. The average Bonchev–Trinajstić information content (AvgIpc) is 2.04. The average molecular weight is 228 g/mol. The van der Waals surface area contributed by atoms with Crippen molar-refractivity contribution < 1.29 is 0 Å². The molecule has 1 aromatic rings. The molecule has 0 saturated heterocycles. The zero-order valence-corrected chi connectivity index (χ0v) is 9.30. The van der Waals surface area contributed by atoms with E-state index in [0.717, 1.165) is 0 Å². The molecule has 0 spiro atoms. The largest absolute Gasteiger partial charge is 0.378 e. The topological polar surface area (TPSA) is 3.24 Å². The fourth-order valence-corrected chi connectivity index (χ4v) is 1.34. The van der Waals surface area contributed by atoms with Gasteiger partial charge < -0.3 is 4.90 Å². The van der Waals surface area contributed by atoms with Crippen LogP contribution >= 0.6 is 15.9 Å². The summed E-state index contributed by atoms with van der Waals surface area (Å²) in [6.07, 6.45) is 0. The summed E-state index contributed by atoms with van der Waals surface area (Å²) in [5.41, 5.74) is 2.56. The highest BCUT2D eigenvalue weighted by Gasteiger charge is 2.00. The maximum atomic E-state index is 3.53. The minimum atomic E-state index is 0.439. The Morgan fingerprint density at radius 2 is 1.67 bits per heavy atom. The van der Waals surface area contributed by atoms with Crippen molar-refractivity contribution in [2.45, 2.75) is 11.8 Å². The Balaban J connectivity index is 2.86. The quantitative estimate of drug-likeness (QED) is 0.702. The highest BCUT2D eigenvalue weighted by Crippen LogP contribution is 2.23. The summed E-state index contributed by atoms with van der Waals surface area (Å²) in [6.45, 7) is 2.13. The smallest absolute Gasteiger partial charge is 0.0367 e. The van der Waals surface area contributed by atoms with Gasteiger partial charge in [0.25, 0.3) is 0 Å². The van der Waals surface area contributed by atoms with Crippen LogP contribution in [0.1, 0.15) is 17.3 Å². The van der Waals surface area contributed by atoms with E-state index in [1.54, 1.807) is 0 Å². The van der Waals surface area contributed by atoms with E-state index in [1.807, 2.05) is 14.1 Å². The monoisotopic (exact) mass is 227 g/mol. The van der Waals surface area contributed by atoms with Crippen LogP contribution in [0.2, 0.25) is 0 Å². The Morgan fingerprint density at radius 3 is 2.00 bits per heavy atom. The van der Waals surface area contributed by atoms with Crippen LogP contribution < -0.4 is 4.90 Å². The normalized spacial score (nSPS) is 12.7. The number of halogens is 1. The molecule has 0 aliphatic heterocycles. The molecule has 1 rings (SSSR count). The number of nitrogens with zero attached hydrogens (tertiary/aromatic N) is 1. The molecule has 1 aromatic carbocycles. The van der Waals surface area contributed by atoms with Crippen LogP contribution in [-0.2, 0) is 0 Å². The Kier molecular flexibility index (Phi) is 3.15. The summed E-state index contributed by atoms with van der Waals surface area (Å²) in [5.74, 6) is 0. The van der Waals surface area contributed by atoms with Gasteiger partial charge >= 0.3 is 0 Å². The van der Waals surface area contributed by atoms with E-state index in [-0.39, 0.29) is 0 Å². The molecule has 0 heterocycles. The summed E-state index contributed by atoms with van der Waals surface area (Å²) in [6, 6.07) is 8.56. The maximum Gasteiger partial charge on any atom is 0.0367 e. The molecule has 0 fully saturated rings. The maximum absolute atomic E-state index is 3.53. The molecule has 12 heavy (non-hydrogen) atoms. The highest BCUT2D eigenvalue weighted by molar-refractivity contribution is 9.09. The van der Waals surface area contributed by atoms with Gasteiger partial charge in [-0.1, -0.05) is 28.1 Å². The standard InChI is InChI=1S/C10H14BrN/c1-8(11)9-4-6-10(7-5-9)12(2)3/h4-8H,1-3H3/t8-/m1/s1. The van der Waals surface area contributed by atoms with Crippen molar-refractivity contribution in [1.82, 2.24) is 0 Å². The fraction of sp³-hybridized carbons (Fsp3) is 0.400. The molecule has 0 saturated carbocycles. The second-order valence-corrected chi connectivity index (χ2v) is 4.48. The van der Waals surface area contributed by atoms with Crippen LogP contribution in [0.15, 0.2) is 24.3 Å². The molecule has 0 radical (unpaired) electrons. The fourth-order valence-electron chi connectivity index (χ4n) is 1.04. The van der Waals surface area contributed by atoms with Crippen molar-refractivity contribution in [2.24, 2.45) is 0 Å². The van der Waals surface area contributed by atoms with Crippen molar-refractivity contribution in [3.05, 3.63) is 29.8 Å². The first-order valence-corrected chi connectivity index (χ1v) is 4.94. The first-order chi connectivity index (χ1) is 5.61. The Hall–Kier alpha value is -0.500. The lowest BCUT2D eigenvalue weighted by Gasteiger charge is -2.13. The van der Waals surface area contributed by atoms with Crippen LogP contribution in [0.4, 0.5) is 5.69 Å². The van der Waals surface area contributed by atoms with Crippen molar-refractivity contribution in [1.29, 1.82) is 0 Å². The van der Waals surface area contributed by atoms with Crippen LogP contribution in [0.3, 0.4) is 0 Å². The van der Waals surface area contributed by atoms with Crippen LogP contribution in [0, 0.1) is 0 Å². The lowest BCUT2D eigenvalue weighted by molar-refractivity contribution is 1.10. The predicted molar refractivity (Wildman–Crippen MR) is 58.1 cm³/mol. The molecule has 1 atom stereocenters. The third-order valence-corrected chi connectivity index (χ3v) is 2.40. The van der Waals surface area contributed by atoms with Crippen molar-refractivity contribution in [2.75, 3.05) is 19.0 Å². The second kappa shape index (κ2) is 3.94. The second-order valence-electron chi connectivity index (χ2n) is 3.10. The Bertz CT molecular complexity index is 212. The molecular formula is C10H14BrN. The van der Waals surface area contributed by atoms with E-state index < -0.39 is 0 Å². The SMILES string of the molecule is C[C@@H](Br)c1ccc(N(C)C)cc1. The molecule has 1 nitrogen and oxygen atoms in total. The summed E-state index contributed by atoms with van der Waals surface area (Å²) in [7, 11) is 4.10. The molecule has 0 aliphatic rings. The van der Waals surface area contributed by atoms with Gasteiger partial charge in [0.1, 0.15) is 0 Å². The Morgan fingerprint density at radius 1 is 1.17 bits per heavy atom. The summed E-state index contributed by atoms with van der Waals surface area (Å²) in [4.78, 5) is 2.54. The van der Waals surface area contributed by atoms with Crippen LogP contribution in [-0.4, -0.2) is 14.1 Å². The van der Waals surface area contributed by atoms with Gasteiger partial charge in [-0.3, -0.25) is 0 Å². The van der Waals surface area contributed by atoms with Gasteiger partial charge in [0.15, 0.2) is 0 Å². The van der Waals surface area contributed by atoms with E-state index in [1.165, 1.54) is 11.3 Å². The molecule has 0 amide bonds. The molecule has 2 heteroatoms. The van der Waals surface area contributed by atoms with Gasteiger partial charge in [0.2, 0.25) is 0 Å².